The molecule has 0 radical (unpaired) electrons. The topological polar surface area (TPSA) is 72.2 Å². The average molecular weight is 431 g/mol. The Hall–Kier alpha value is -2.52. The summed E-state index contributed by atoms with van der Waals surface area (Å²) in [5.74, 6) is -3.05. The third-order valence-corrected chi connectivity index (χ3v) is 5.87. The molecule has 148 valence electrons. The molecule has 0 aliphatic carbocycles. The molecule has 0 saturated carbocycles. The van der Waals surface area contributed by atoms with E-state index in [1.165, 1.54) is 19.4 Å². The van der Waals surface area contributed by atoms with Crippen molar-refractivity contribution in [1.29, 1.82) is 0 Å². The highest BCUT2D eigenvalue weighted by atomic mass is 35.5. The van der Waals surface area contributed by atoms with Gasteiger partial charge in [0.1, 0.15) is 34.4 Å². The van der Waals surface area contributed by atoms with Crippen LogP contribution in [0.25, 0.3) is 0 Å². The first-order valence-corrected chi connectivity index (χ1v) is 10.0. The van der Waals surface area contributed by atoms with Gasteiger partial charge in [0.25, 0.3) is 0 Å². The molecule has 2 aromatic carbocycles. The number of benzene rings is 2. The zero-order valence-corrected chi connectivity index (χ0v) is 16.0. The van der Waals surface area contributed by atoms with E-state index >= 15 is 0 Å². The van der Waals surface area contributed by atoms with E-state index in [1.54, 1.807) is 0 Å². The lowest BCUT2D eigenvalue weighted by Gasteiger charge is -2.18. The van der Waals surface area contributed by atoms with Gasteiger partial charge in [0, 0.05) is 5.56 Å². The molecule has 0 spiro atoms. The molecule has 28 heavy (non-hydrogen) atoms. The third-order valence-electron chi connectivity index (χ3n) is 3.95. The van der Waals surface area contributed by atoms with Gasteiger partial charge in [-0.3, -0.25) is 0 Å². The van der Waals surface area contributed by atoms with Gasteiger partial charge >= 0.3 is 0 Å². The second-order valence-electron chi connectivity index (χ2n) is 5.98. The van der Waals surface area contributed by atoms with Crippen molar-refractivity contribution in [2.75, 3.05) is 5.32 Å². The van der Waals surface area contributed by atoms with Crippen LogP contribution in [0.4, 0.5) is 18.9 Å². The van der Waals surface area contributed by atoms with Gasteiger partial charge < -0.3 is 9.73 Å². The molecule has 3 rings (SSSR count). The Labute approximate surface area is 164 Å². The van der Waals surface area contributed by atoms with Gasteiger partial charge in [0.2, 0.25) is 5.89 Å². The summed E-state index contributed by atoms with van der Waals surface area (Å²) in [6.07, 6.45) is 2.47. The minimum atomic E-state index is -4.10. The molecule has 5 nitrogen and oxygen atoms in total. The summed E-state index contributed by atoms with van der Waals surface area (Å²) >= 11 is 6.09. The summed E-state index contributed by atoms with van der Waals surface area (Å²) in [5, 5.41) is 2.65. The summed E-state index contributed by atoms with van der Waals surface area (Å²) < 4.78 is 71.4. The average Bonchev–Trinajstić information content (AvgIpc) is 3.11. The molecule has 0 amide bonds. The molecular formula is C18H14ClF3N2O3S. The normalized spacial score (nSPS) is 12.8. The number of anilines is 1. The van der Waals surface area contributed by atoms with E-state index in [-0.39, 0.29) is 22.2 Å². The zero-order chi connectivity index (χ0) is 20.5. The quantitative estimate of drug-likeness (QED) is 0.602. The van der Waals surface area contributed by atoms with Gasteiger partial charge in [-0.1, -0.05) is 11.6 Å². The van der Waals surface area contributed by atoms with Crippen LogP contribution in [0.3, 0.4) is 0 Å². The van der Waals surface area contributed by atoms with Crippen LogP contribution >= 0.6 is 11.6 Å². The molecule has 1 N–H and O–H groups in total. The van der Waals surface area contributed by atoms with Crippen molar-refractivity contribution in [3.8, 4) is 0 Å². The molecule has 0 aliphatic rings. The summed E-state index contributed by atoms with van der Waals surface area (Å²) in [4.78, 5) is 3.09. The molecule has 1 atom stereocenters. The maximum atomic E-state index is 14.5. The molecule has 3 aromatic rings. The van der Waals surface area contributed by atoms with Crippen LogP contribution < -0.4 is 5.32 Å². The number of sulfone groups is 1. The van der Waals surface area contributed by atoms with E-state index in [1.807, 2.05) is 0 Å². The van der Waals surface area contributed by atoms with Crippen LogP contribution in [0.1, 0.15) is 24.4 Å². The number of hydrogen-bond donors (Lipinski definition) is 1. The van der Waals surface area contributed by atoms with E-state index in [0.717, 1.165) is 30.3 Å². The SMILES string of the molecule is C[C@H](Nc1cc(F)c(S(=O)(=O)Cc2ncco2)cc1Cl)c1cc(F)ccc1F. The van der Waals surface area contributed by atoms with Crippen molar-refractivity contribution in [2.45, 2.75) is 23.6 Å². The number of halogens is 4. The Morgan fingerprint density at radius 2 is 1.93 bits per heavy atom. The smallest absolute Gasteiger partial charge is 0.209 e. The first kappa shape index (κ1) is 20.2. The first-order valence-electron chi connectivity index (χ1n) is 7.99. The van der Waals surface area contributed by atoms with E-state index < -0.39 is 44.0 Å². The second-order valence-corrected chi connectivity index (χ2v) is 8.34. The van der Waals surface area contributed by atoms with Crippen molar-refractivity contribution < 1.29 is 26.0 Å². The molecular weight excluding hydrogens is 417 g/mol. The minimum absolute atomic E-state index is 0.0112. The fourth-order valence-corrected chi connectivity index (χ4v) is 4.16. The maximum Gasteiger partial charge on any atom is 0.209 e. The Balaban J connectivity index is 1.88. The largest absolute Gasteiger partial charge is 0.448 e. The minimum Gasteiger partial charge on any atom is -0.448 e. The fraction of sp³-hybridized carbons (Fsp3) is 0.167. The highest BCUT2D eigenvalue weighted by Crippen LogP contribution is 2.32. The molecule has 1 aromatic heterocycles. The van der Waals surface area contributed by atoms with Crippen molar-refractivity contribution in [3.05, 3.63) is 76.7 Å². The second kappa shape index (κ2) is 7.84. The summed E-state index contributed by atoms with van der Waals surface area (Å²) in [6.45, 7) is 1.53. The van der Waals surface area contributed by atoms with Gasteiger partial charge in [-0.25, -0.2) is 26.6 Å². The Kier molecular flexibility index (Phi) is 5.66. The molecule has 10 heteroatoms. The van der Waals surface area contributed by atoms with Crippen molar-refractivity contribution in [2.24, 2.45) is 0 Å². The zero-order valence-electron chi connectivity index (χ0n) is 14.4. The lowest BCUT2D eigenvalue weighted by Crippen LogP contribution is -2.12. The number of aromatic nitrogens is 1. The van der Waals surface area contributed by atoms with Crippen molar-refractivity contribution in [3.63, 3.8) is 0 Å². The molecule has 0 aliphatic heterocycles. The van der Waals surface area contributed by atoms with Gasteiger partial charge in [-0.2, -0.15) is 0 Å². The predicted molar refractivity (Wildman–Crippen MR) is 97.2 cm³/mol. The Bertz CT molecular complexity index is 1110. The summed E-state index contributed by atoms with van der Waals surface area (Å²) in [5.41, 5.74) is 0.0440. The Morgan fingerprint density at radius 3 is 2.61 bits per heavy atom. The molecule has 1 heterocycles. The van der Waals surface area contributed by atoms with Gasteiger partial charge in [-0.15, -0.1) is 0 Å². The van der Waals surface area contributed by atoms with Crippen LogP contribution in [0.5, 0.6) is 0 Å². The highest BCUT2D eigenvalue weighted by molar-refractivity contribution is 7.90. The predicted octanol–water partition coefficient (Wildman–Crippen LogP) is 4.89. The van der Waals surface area contributed by atoms with Gasteiger partial charge in [0.15, 0.2) is 9.84 Å². The maximum absolute atomic E-state index is 14.5. The van der Waals surface area contributed by atoms with Crippen LogP contribution in [0, 0.1) is 17.5 Å². The van der Waals surface area contributed by atoms with Gasteiger partial charge in [0.05, 0.1) is 22.9 Å². The van der Waals surface area contributed by atoms with E-state index in [9.17, 15) is 21.6 Å². The lowest BCUT2D eigenvalue weighted by molar-refractivity contribution is 0.506. The van der Waals surface area contributed by atoms with Crippen LogP contribution in [-0.4, -0.2) is 13.4 Å². The fourth-order valence-electron chi connectivity index (χ4n) is 2.60. The molecule has 0 saturated heterocycles. The van der Waals surface area contributed by atoms with Crippen LogP contribution in [0.15, 0.2) is 52.1 Å². The van der Waals surface area contributed by atoms with Gasteiger partial charge in [-0.05, 0) is 37.3 Å². The highest BCUT2D eigenvalue weighted by Gasteiger charge is 2.24. The van der Waals surface area contributed by atoms with E-state index in [2.05, 4.69) is 10.3 Å². The molecule has 0 unspecified atom stereocenters. The number of nitrogens with one attached hydrogen (secondary N) is 1. The van der Waals surface area contributed by atoms with Crippen molar-refractivity contribution in [1.82, 2.24) is 4.98 Å². The van der Waals surface area contributed by atoms with E-state index in [4.69, 9.17) is 16.0 Å². The van der Waals surface area contributed by atoms with E-state index in [0.29, 0.717) is 0 Å². The summed E-state index contributed by atoms with van der Waals surface area (Å²) in [6, 6.07) is 4.04. The summed E-state index contributed by atoms with van der Waals surface area (Å²) in [7, 11) is -4.10. The number of hydrogen-bond acceptors (Lipinski definition) is 5. The first-order chi connectivity index (χ1) is 13.2. The monoisotopic (exact) mass is 430 g/mol. The van der Waals surface area contributed by atoms with Crippen LogP contribution in [0.2, 0.25) is 5.02 Å². The number of nitrogens with zero attached hydrogens (tertiary/aromatic N) is 1. The standard InChI is InChI=1S/C18H14ClF3N2O3S/c1-10(12-6-11(20)2-3-14(12)21)24-16-8-15(22)17(7-13(16)19)28(25,26)9-18-23-4-5-27-18/h2-8,10,24H,9H2,1H3/t10-/m0/s1. The third kappa shape index (κ3) is 4.31. The lowest BCUT2D eigenvalue weighted by atomic mass is 10.1. The molecule has 0 bridgehead atoms. The molecule has 0 fully saturated rings. The number of oxazole rings is 1. The van der Waals surface area contributed by atoms with Crippen LogP contribution in [-0.2, 0) is 15.6 Å². The number of rotatable bonds is 6. The Morgan fingerprint density at radius 1 is 1.18 bits per heavy atom. The van der Waals surface area contributed by atoms with Crippen molar-refractivity contribution >= 4 is 27.1 Å².